The van der Waals surface area contributed by atoms with Crippen LogP contribution in [0.5, 0.6) is 5.75 Å². The number of amides is 1. The van der Waals surface area contributed by atoms with Crippen LogP contribution in [0.1, 0.15) is 22.8 Å². The number of para-hydroxylation sites is 1. The first kappa shape index (κ1) is 17.7. The Balaban J connectivity index is 2.09. The molecule has 23 heavy (non-hydrogen) atoms. The number of hydrogen-bond donors (Lipinski definition) is 1. The van der Waals surface area contributed by atoms with Gasteiger partial charge in [0.05, 0.1) is 12.2 Å². The van der Waals surface area contributed by atoms with E-state index in [2.05, 4.69) is 27.9 Å². The van der Waals surface area contributed by atoms with Gasteiger partial charge in [-0.3, -0.25) is 4.79 Å². The number of rotatable bonds is 7. The Morgan fingerprint density at radius 2 is 1.96 bits per heavy atom. The van der Waals surface area contributed by atoms with Crippen LogP contribution in [-0.4, -0.2) is 25.7 Å². The Morgan fingerprint density at radius 1 is 1.17 bits per heavy atom. The summed E-state index contributed by atoms with van der Waals surface area (Å²) in [5, 5.41) is 2.94. The minimum Gasteiger partial charge on any atom is -0.490 e. The summed E-state index contributed by atoms with van der Waals surface area (Å²) in [6.07, 6.45) is 0. The highest BCUT2D eigenvalue weighted by Crippen LogP contribution is 2.22. The van der Waals surface area contributed by atoms with Crippen LogP contribution in [0.25, 0.3) is 0 Å². The standard InChI is InChI=1S/C18H20INO3/c1-3-22-10-11-23-17-7-5-4-6-15(17)18(21)20-16-9-8-14(19)12-13(16)2/h4-9,12H,3,10-11H2,1-2H3,(H,20,21). The molecule has 0 radical (unpaired) electrons. The fraction of sp³-hybridized carbons (Fsp3) is 0.278. The number of hydrogen-bond acceptors (Lipinski definition) is 3. The molecular formula is C18H20INO3. The third-order valence-corrected chi connectivity index (χ3v) is 3.93. The third-order valence-electron chi connectivity index (χ3n) is 3.26. The van der Waals surface area contributed by atoms with E-state index in [1.54, 1.807) is 12.1 Å². The zero-order valence-corrected chi connectivity index (χ0v) is 15.4. The first-order valence-corrected chi connectivity index (χ1v) is 8.56. The van der Waals surface area contributed by atoms with Crippen molar-refractivity contribution >= 4 is 34.2 Å². The van der Waals surface area contributed by atoms with E-state index >= 15 is 0 Å². The third kappa shape index (κ3) is 5.21. The predicted molar refractivity (Wildman–Crippen MR) is 100 cm³/mol. The maximum atomic E-state index is 12.5. The Bertz CT molecular complexity index is 673. The van der Waals surface area contributed by atoms with Crippen molar-refractivity contribution in [3.05, 3.63) is 57.2 Å². The van der Waals surface area contributed by atoms with E-state index in [-0.39, 0.29) is 5.91 Å². The summed E-state index contributed by atoms with van der Waals surface area (Å²) in [5.41, 5.74) is 2.35. The predicted octanol–water partition coefficient (Wildman–Crippen LogP) is 4.27. The second kappa shape index (κ2) is 8.88. The number of benzene rings is 2. The van der Waals surface area contributed by atoms with Crippen LogP contribution >= 0.6 is 22.6 Å². The van der Waals surface area contributed by atoms with Gasteiger partial charge < -0.3 is 14.8 Å². The monoisotopic (exact) mass is 425 g/mol. The lowest BCUT2D eigenvalue weighted by Crippen LogP contribution is -2.15. The normalized spacial score (nSPS) is 10.4. The molecule has 2 aromatic carbocycles. The molecule has 0 heterocycles. The molecule has 2 aromatic rings. The zero-order valence-electron chi connectivity index (χ0n) is 13.3. The van der Waals surface area contributed by atoms with Gasteiger partial charge in [-0.05, 0) is 72.3 Å². The first-order chi connectivity index (χ1) is 11.1. The highest BCUT2D eigenvalue weighted by Gasteiger charge is 2.13. The fourth-order valence-corrected chi connectivity index (χ4v) is 2.74. The minimum absolute atomic E-state index is 0.179. The summed E-state index contributed by atoms with van der Waals surface area (Å²) < 4.78 is 12.0. The highest BCUT2D eigenvalue weighted by molar-refractivity contribution is 14.1. The van der Waals surface area contributed by atoms with Gasteiger partial charge in [-0.25, -0.2) is 0 Å². The highest BCUT2D eigenvalue weighted by atomic mass is 127. The molecule has 0 spiro atoms. The van der Waals surface area contributed by atoms with Crippen molar-refractivity contribution < 1.29 is 14.3 Å². The molecule has 5 heteroatoms. The number of anilines is 1. The van der Waals surface area contributed by atoms with Crippen molar-refractivity contribution in [2.45, 2.75) is 13.8 Å². The van der Waals surface area contributed by atoms with Crippen molar-refractivity contribution in [2.75, 3.05) is 25.1 Å². The summed E-state index contributed by atoms with van der Waals surface area (Å²) in [6.45, 7) is 5.48. The maximum Gasteiger partial charge on any atom is 0.259 e. The number of aryl methyl sites for hydroxylation is 1. The lowest BCUT2D eigenvalue weighted by Gasteiger charge is -2.13. The topological polar surface area (TPSA) is 47.6 Å². The lowest BCUT2D eigenvalue weighted by atomic mass is 10.1. The van der Waals surface area contributed by atoms with Gasteiger partial charge in [-0.15, -0.1) is 0 Å². The van der Waals surface area contributed by atoms with Crippen molar-refractivity contribution in [1.29, 1.82) is 0 Å². The summed E-state index contributed by atoms with van der Waals surface area (Å²) in [6, 6.07) is 13.1. The summed E-state index contributed by atoms with van der Waals surface area (Å²) >= 11 is 2.25. The van der Waals surface area contributed by atoms with Crippen LogP contribution in [-0.2, 0) is 4.74 Å². The minimum atomic E-state index is -0.179. The van der Waals surface area contributed by atoms with Gasteiger partial charge in [-0.1, -0.05) is 12.1 Å². The van der Waals surface area contributed by atoms with E-state index in [9.17, 15) is 4.79 Å². The van der Waals surface area contributed by atoms with E-state index in [0.717, 1.165) is 14.8 Å². The van der Waals surface area contributed by atoms with Crippen molar-refractivity contribution in [1.82, 2.24) is 0 Å². The Kier molecular flexibility index (Phi) is 6.85. The van der Waals surface area contributed by atoms with E-state index in [1.807, 2.05) is 44.2 Å². The molecule has 0 fully saturated rings. The fourth-order valence-electron chi connectivity index (χ4n) is 2.09. The van der Waals surface area contributed by atoms with Crippen LogP contribution in [0, 0.1) is 10.5 Å². The molecule has 1 N–H and O–H groups in total. The molecule has 0 unspecified atom stereocenters. The van der Waals surface area contributed by atoms with E-state index in [1.165, 1.54) is 0 Å². The molecule has 0 aliphatic rings. The van der Waals surface area contributed by atoms with E-state index in [4.69, 9.17) is 9.47 Å². The molecule has 4 nitrogen and oxygen atoms in total. The van der Waals surface area contributed by atoms with Gasteiger partial charge in [0.1, 0.15) is 12.4 Å². The van der Waals surface area contributed by atoms with Crippen molar-refractivity contribution in [2.24, 2.45) is 0 Å². The van der Waals surface area contributed by atoms with E-state index in [0.29, 0.717) is 31.1 Å². The van der Waals surface area contributed by atoms with Crippen LogP contribution < -0.4 is 10.1 Å². The average molecular weight is 425 g/mol. The van der Waals surface area contributed by atoms with Crippen molar-refractivity contribution in [3.8, 4) is 5.75 Å². The van der Waals surface area contributed by atoms with Gasteiger partial charge in [0.25, 0.3) is 5.91 Å². The van der Waals surface area contributed by atoms with Gasteiger partial charge in [0, 0.05) is 15.9 Å². The van der Waals surface area contributed by atoms with Crippen LogP contribution in [0.3, 0.4) is 0 Å². The first-order valence-electron chi connectivity index (χ1n) is 7.49. The van der Waals surface area contributed by atoms with Crippen LogP contribution in [0.2, 0.25) is 0 Å². The Morgan fingerprint density at radius 3 is 2.70 bits per heavy atom. The number of carbonyl (C=O) groups excluding carboxylic acids is 1. The molecule has 0 saturated carbocycles. The number of ether oxygens (including phenoxy) is 2. The summed E-state index contributed by atoms with van der Waals surface area (Å²) in [7, 11) is 0. The Hall–Kier alpha value is -1.60. The SMILES string of the molecule is CCOCCOc1ccccc1C(=O)Nc1ccc(I)cc1C. The smallest absolute Gasteiger partial charge is 0.259 e. The zero-order chi connectivity index (χ0) is 16.7. The average Bonchev–Trinajstić information content (AvgIpc) is 2.54. The molecular weight excluding hydrogens is 405 g/mol. The molecule has 2 rings (SSSR count). The molecule has 0 aromatic heterocycles. The van der Waals surface area contributed by atoms with Gasteiger partial charge >= 0.3 is 0 Å². The molecule has 0 atom stereocenters. The largest absolute Gasteiger partial charge is 0.490 e. The summed E-state index contributed by atoms with van der Waals surface area (Å²) in [5.74, 6) is 0.384. The molecule has 0 aliphatic heterocycles. The van der Waals surface area contributed by atoms with Crippen molar-refractivity contribution in [3.63, 3.8) is 0 Å². The van der Waals surface area contributed by atoms with Gasteiger partial charge in [0.15, 0.2) is 0 Å². The molecule has 122 valence electrons. The second-order valence-electron chi connectivity index (χ2n) is 4.95. The molecule has 0 aliphatic carbocycles. The van der Waals surface area contributed by atoms with E-state index < -0.39 is 0 Å². The summed E-state index contributed by atoms with van der Waals surface area (Å²) in [4.78, 5) is 12.5. The molecule has 0 bridgehead atoms. The number of halogens is 1. The van der Waals surface area contributed by atoms with Gasteiger partial charge in [0.2, 0.25) is 0 Å². The maximum absolute atomic E-state index is 12.5. The lowest BCUT2D eigenvalue weighted by molar-refractivity contribution is 0.0998. The molecule has 0 saturated heterocycles. The Labute approximate surface area is 150 Å². The van der Waals surface area contributed by atoms with Crippen LogP contribution in [0.4, 0.5) is 5.69 Å². The molecule has 1 amide bonds. The quantitative estimate of drug-likeness (QED) is 0.533. The van der Waals surface area contributed by atoms with Crippen LogP contribution in [0.15, 0.2) is 42.5 Å². The second-order valence-corrected chi connectivity index (χ2v) is 6.20. The van der Waals surface area contributed by atoms with Gasteiger partial charge in [-0.2, -0.15) is 0 Å². The number of carbonyl (C=O) groups is 1. The number of nitrogens with one attached hydrogen (secondary N) is 1.